The molecule has 0 aliphatic heterocycles. The Labute approximate surface area is 166 Å². The van der Waals surface area contributed by atoms with Gasteiger partial charge in [-0.15, -0.1) is 11.3 Å². The summed E-state index contributed by atoms with van der Waals surface area (Å²) in [6.45, 7) is 3.66. The van der Waals surface area contributed by atoms with Crippen molar-refractivity contribution in [3.8, 4) is 10.6 Å². The van der Waals surface area contributed by atoms with Crippen molar-refractivity contribution in [1.82, 2.24) is 4.98 Å². The summed E-state index contributed by atoms with van der Waals surface area (Å²) in [6.07, 6.45) is 0.867. The largest absolute Gasteiger partial charge is 0.455 e. The van der Waals surface area contributed by atoms with Gasteiger partial charge in [0, 0.05) is 22.0 Å². The van der Waals surface area contributed by atoms with E-state index in [0.29, 0.717) is 5.69 Å². The number of carbonyl (C=O) groups excluding carboxylic acids is 2. The van der Waals surface area contributed by atoms with Gasteiger partial charge in [0.15, 0.2) is 6.61 Å². The van der Waals surface area contributed by atoms with Crippen molar-refractivity contribution in [3.63, 3.8) is 0 Å². The minimum absolute atomic E-state index is 0.0541. The molecule has 1 N–H and O–H groups in total. The summed E-state index contributed by atoms with van der Waals surface area (Å²) in [6, 6.07) is 7.87. The van der Waals surface area contributed by atoms with E-state index in [9.17, 15) is 9.59 Å². The number of para-hydroxylation sites is 1. The molecule has 2 aromatic heterocycles. The number of thiazole rings is 1. The number of ether oxygens (including phenoxy) is 1. The minimum atomic E-state index is -0.465. The van der Waals surface area contributed by atoms with Crippen LogP contribution in [0.25, 0.3) is 10.6 Å². The molecule has 27 heavy (non-hydrogen) atoms. The fourth-order valence-electron chi connectivity index (χ4n) is 2.63. The average molecular weight is 401 g/mol. The highest BCUT2D eigenvalue weighted by atomic mass is 32.1. The monoisotopic (exact) mass is 400 g/mol. The van der Waals surface area contributed by atoms with Gasteiger partial charge in [-0.05, 0) is 35.9 Å². The summed E-state index contributed by atoms with van der Waals surface area (Å²) >= 11 is 3.09. The first-order valence-electron chi connectivity index (χ1n) is 8.57. The Hall–Kier alpha value is -2.51. The Bertz CT molecular complexity index is 933. The van der Waals surface area contributed by atoms with Crippen molar-refractivity contribution in [3.05, 3.63) is 57.2 Å². The molecule has 0 unspecified atom stereocenters. The molecular weight excluding hydrogens is 380 g/mol. The van der Waals surface area contributed by atoms with Crippen molar-refractivity contribution < 1.29 is 14.3 Å². The van der Waals surface area contributed by atoms with Crippen LogP contribution < -0.4 is 5.32 Å². The van der Waals surface area contributed by atoms with Crippen molar-refractivity contribution in [2.24, 2.45) is 0 Å². The van der Waals surface area contributed by atoms with E-state index in [1.165, 1.54) is 11.3 Å². The molecule has 0 aliphatic carbocycles. The van der Waals surface area contributed by atoms with Gasteiger partial charge in [-0.25, -0.2) is 4.98 Å². The molecule has 0 spiro atoms. The number of rotatable bonds is 7. The number of esters is 1. The Kier molecular flexibility index (Phi) is 6.36. The molecular formula is C20H20N2O3S2. The predicted molar refractivity (Wildman–Crippen MR) is 109 cm³/mol. The second kappa shape index (κ2) is 8.92. The van der Waals surface area contributed by atoms with Crippen LogP contribution in [0, 0.1) is 6.92 Å². The summed E-state index contributed by atoms with van der Waals surface area (Å²) in [5.74, 6) is -0.808. The van der Waals surface area contributed by atoms with Crippen LogP contribution >= 0.6 is 22.7 Å². The zero-order chi connectivity index (χ0) is 19.2. The van der Waals surface area contributed by atoms with E-state index in [1.807, 2.05) is 54.3 Å². The van der Waals surface area contributed by atoms with Crippen molar-refractivity contribution in [2.45, 2.75) is 26.7 Å². The third-order valence-corrected chi connectivity index (χ3v) is 5.64. The molecule has 0 bridgehead atoms. The standard InChI is InChI=1S/C20H20N2O3S2/c1-3-14-6-4-5-13(2)19(14)22-17(23)10-25-18(24)9-16-12-27-20(21-16)15-7-8-26-11-15/h4-8,11-12H,3,9-10H2,1-2H3,(H,22,23). The molecule has 0 saturated carbocycles. The number of benzene rings is 1. The van der Waals surface area contributed by atoms with E-state index >= 15 is 0 Å². The molecule has 140 valence electrons. The highest BCUT2D eigenvalue weighted by molar-refractivity contribution is 7.14. The Morgan fingerprint density at radius 1 is 1.22 bits per heavy atom. The molecule has 0 radical (unpaired) electrons. The summed E-state index contributed by atoms with van der Waals surface area (Å²) in [5.41, 5.74) is 4.53. The van der Waals surface area contributed by atoms with Crippen LogP contribution in [0.4, 0.5) is 5.69 Å². The quantitative estimate of drug-likeness (QED) is 0.594. The fourth-order valence-corrected chi connectivity index (χ4v) is 4.16. The average Bonchev–Trinajstić information content (AvgIpc) is 3.33. The summed E-state index contributed by atoms with van der Waals surface area (Å²) in [5, 5.41) is 9.57. The molecule has 3 rings (SSSR count). The van der Waals surface area contributed by atoms with E-state index in [1.54, 1.807) is 11.3 Å². The second-order valence-electron chi connectivity index (χ2n) is 6.00. The first-order valence-corrected chi connectivity index (χ1v) is 10.4. The van der Waals surface area contributed by atoms with E-state index in [2.05, 4.69) is 10.3 Å². The maximum atomic E-state index is 12.1. The van der Waals surface area contributed by atoms with E-state index in [4.69, 9.17) is 4.74 Å². The normalized spacial score (nSPS) is 10.6. The van der Waals surface area contributed by atoms with Gasteiger partial charge in [-0.3, -0.25) is 9.59 Å². The third kappa shape index (κ3) is 5.02. The molecule has 0 saturated heterocycles. The zero-order valence-electron chi connectivity index (χ0n) is 15.2. The molecule has 0 fully saturated rings. The van der Waals surface area contributed by atoms with Gasteiger partial charge >= 0.3 is 5.97 Å². The lowest BCUT2D eigenvalue weighted by atomic mass is 10.1. The van der Waals surface area contributed by atoms with Crippen LogP contribution in [0.2, 0.25) is 0 Å². The molecule has 2 heterocycles. The van der Waals surface area contributed by atoms with Crippen LogP contribution in [0.5, 0.6) is 0 Å². The number of carbonyl (C=O) groups is 2. The van der Waals surface area contributed by atoms with Gasteiger partial charge in [-0.2, -0.15) is 11.3 Å². The highest BCUT2D eigenvalue weighted by Crippen LogP contribution is 2.26. The van der Waals surface area contributed by atoms with Crippen molar-refractivity contribution in [2.75, 3.05) is 11.9 Å². The SMILES string of the molecule is CCc1cccc(C)c1NC(=O)COC(=O)Cc1csc(-c2ccsc2)n1. The maximum absolute atomic E-state index is 12.1. The number of aryl methyl sites for hydroxylation is 2. The van der Waals surface area contributed by atoms with E-state index in [-0.39, 0.29) is 18.9 Å². The van der Waals surface area contributed by atoms with Crippen LogP contribution in [-0.2, 0) is 27.2 Å². The molecule has 1 amide bonds. The van der Waals surface area contributed by atoms with Gasteiger partial charge in [0.2, 0.25) is 0 Å². The summed E-state index contributed by atoms with van der Waals surface area (Å²) in [4.78, 5) is 28.6. The number of aromatic nitrogens is 1. The third-order valence-electron chi connectivity index (χ3n) is 4.01. The number of amides is 1. The topological polar surface area (TPSA) is 68.3 Å². The minimum Gasteiger partial charge on any atom is -0.455 e. The van der Waals surface area contributed by atoms with Crippen LogP contribution in [0.1, 0.15) is 23.7 Å². The van der Waals surface area contributed by atoms with E-state index < -0.39 is 5.97 Å². The lowest BCUT2D eigenvalue weighted by Crippen LogP contribution is -2.22. The fraction of sp³-hybridized carbons (Fsp3) is 0.250. The van der Waals surface area contributed by atoms with Crippen LogP contribution in [-0.4, -0.2) is 23.5 Å². The smallest absolute Gasteiger partial charge is 0.312 e. The lowest BCUT2D eigenvalue weighted by molar-refractivity contribution is -0.146. The highest BCUT2D eigenvalue weighted by Gasteiger charge is 2.13. The molecule has 3 aromatic rings. The molecule has 7 heteroatoms. The van der Waals surface area contributed by atoms with Gasteiger partial charge < -0.3 is 10.1 Å². The second-order valence-corrected chi connectivity index (χ2v) is 7.64. The maximum Gasteiger partial charge on any atom is 0.312 e. The number of hydrogen-bond acceptors (Lipinski definition) is 6. The van der Waals surface area contributed by atoms with E-state index in [0.717, 1.165) is 33.8 Å². The molecule has 0 atom stereocenters. The first-order chi connectivity index (χ1) is 13.1. The Morgan fingerprint density at radius 2 is 2.07 bits per heavy atom. The number of thiophene rings is 1. The molecule has 5 nitrogen and oxygen atoms in total. The Balaban J connectivity index is 1.51. The molecule has 0 aliphatic rings. The summed E-state index contributed by atoms with van der Waals surface area (Å²) in [7, 11) is 0. The zero-order valence-corrected chi connectivity index (χ0v) is 16.8. The molecule has 1 aromatic carbocycles. The Morgan fingerprint density at radius 3 is 2.81 bits per heavy atom. The van der Waals surface area contributed by atoms with Gasteiger partial charge in [0.25, 0.3) is 5.91 Å². The summed E-state index contributed by atoms with van der Waals surface area (Å²) < 4.78 is 5.11. The number of nitrogens with one attached hydrogen (secondary N) is 1. The van der Waals surface area contributed by atoms with Crippen molar-refractivity contribution >= 4 is 40.2 Å². The van der Waals surface area contributed by atoms with Gasteiger partial charge in [0.05, 0.1) is 12.1 Å². The number of hydrogen-bond donors (Lipinski definition) is 1. The van der Waals surface area contributed by atoms with Gasteiger partial charge in [0.1, 0.15) is 5.01 Å². The van der Waals surface area contributed by atoms with Crippen LogP contribution in [0.15, 0.2) is 40.4 Å². The predicted octanol–water partition coefficient (Wildman–Crippen LogP) is 4.47. The first kappa shape index (κ1) is 19.3. The van der Waals surface area contributed by atoms with Gasteiger partial charge in [-0.1, -0.05) is 25.1 Å². The van der Waals surface area contributed by atoms with Crippen molar-refractivity contribution in [1.29, 1.82) is 0 Å². The number of nitrogens with zero attached hydrogens (tertiary/aromatic N) is 1. The van der Waals surface area contributed by atoms with Crippen LogP contribution in [0.3, 0.4) is 0 Å². The lowest BCUT2D eigenvalue weighted by Gasteiger charge is -2.13. The number of anilines is 1.